The topological polar surface area (TPSA) is 3.24 Å². The average Bonchev–Trinajstić information content (AvgIpc) is 3.38. The predicted molar refractivity (Wildman–Crippen MR) is 187 cm³/mol. The number of fused-ring (bicyclic) bond motifs is 4. The monoisotopic (exact) mass is 579 g/mol. The van der Waals surface area contributed by atoms with Crippen LogP contribution in [-0.4, -0.2) is 0 Å². The Hall–Kier alpha value is -4.62. The molecule has 0 N–H and O–H groups in total. The zero-order chi connectivity index (χ0) is 29.5. The van der Waals surface area contributed by atoms with Crippen LogP contribution in [0.3, 0.4) is 0 Å². The molecule has 0 aliphatic heterocycles. The molecule has 0 atom stereocenters. The SMILES string of the molecule is c1ccc(-c2cccc(N(c3ccc4c(c3)C3(c5ccccc5-4)C4CC5CC(C4)CC3C5)c3ccc4ccccc4c3)c2)cc1. The molecule has 4 bridgehead atoms. The summed E-state index contributed by atoms with van der Waals surface area (Å²) in [5, 5.41) is 2.54. The lowest BCUT2D eigenvalue weighted by atomic mass is 9.43. The summed E-state index contributed by atoms with van der Waals surface area (Å²) in [6.07, 6.45) is 7.08. The zero-order valence-electron chi connectivity index (χ0n) is 25.6. The van der Waals surface area contributed by atoms with Gasteiger partial charge in [0, 0.05) is 22.5 Å². The molecule has 0 aromatic heterocycles. The second-order valence-electron chi connectivity index (χ2n) is 14.2. The fourth-order valence-electron chi connectivity index (χ4n) is 10.5. The van der Waals surface area contributed by atoms with E-state index in [-0.39, 0.29) is 5.41 Å². The Morgan fingerprint density at radius 1 is 0.422 bits per heavy atom. The van der Waals surface area contributed by atoms with Crippen molar-refractivity contribution in [3.05, 3.63) is 151 Å². The number of hydrogen-bond acceptors (Lipinski definition) is 1. The first-order chi connectivity index (χ1) is 22.3. The van der Waals surface area contributed by atoms with E-state index in [0.29, 0.717) is 0 Å². The number of anilines is 3. The summed E-state index contributed by atoms with van der Waals surface area (Å²) in [5.74, 6) is 3.38. The van der Waals surface area contributed by atoms with Gasteiger partial charge in [-0.1, -0.05) is 103 Å². The third-order valence-corrected chi connectivity index (χ3v) is 12.0. The van der Waals surface area contributed by atoms with Crippen LogP contribution in [0.4, 0.5) is 17.1 Å². The number of hydrogen-bond donors (Lipinski definition) is 0. The molecule has 1 heteroatoms. The fraction of sp³-hybridized carbons (Fsp3) is 0.227. The third-order valence-electron chi connectivity index (χ3n) is 12.0. The van der Waals surface area contributed by atoms with E-state index in [9.17, 15) is 0 Å². The van der Waals surface area contributed by atoms with Gasteiger partial charge < -0.3 is 4.90 Å². The van der Waals surface area contributed by atoms with Crippen molar-refractivity contribution in [3.8, 4) is 22.3 Å². The second-order valence-corrected chi connectivity index (χ2v) is 14.2. The molecule has 0 amide bonds. The van der Waals surface area contributed by atoms with Crippen molar-refractivity contribution in [2.75, 3.05) is 4.90 Å². The van der Waals surface area contributed by atoms with Gasteiger partial charge in [-0.15, -0.1) is 0 Å². The molecule has 0 radical (unpaired) electrons. The van der Waals surface area contributed by atoms with Crippen LogP contribution in [0.1, 0.15) is 43.2 Å². The van der Waals surface area contributed by atoms with Crippen molar-refractivity contribution in [2.24, 2.45) is 23.7 Å². The molecule has 1 nitrogen and oxygen atoms in total. The standard InChI is InChI=1S/C44H37N/c1-2-9-31(10-3-1)34-13-8-14-37(26-34)45(38-18-17-32-11-4-5-12-33(32)27-38)39-19-20-41-40-15-6-7-16-42(40)44(43(41)28-39)35-22-29-21-30(24-35)25-36(44)23-29/h1-20,26-30,35-36H,21-25H2. The smallest absolute Gasteiger partial charge is 0.0468 e. The van der Waals surface area contributed by atoms with Crippen molar-refractivity contribution >= 4 is 27.8 Å². The Bertz CT molecular complexity index is 2060. The van der Waals surface area contributed by atoms with Gasteiger partial charge in [0.25, 0.3) is 0 Å². The predicted octanol–water partition coefficient (Wildman–Crippen LogP) is 11.7. The minimum absolute atomic E-state index is 0.149. The molecule has 6 aromatic carbocycles. The molecular formula is C44H37N. The molecule has 11 rings (SSSR count). The number of rotatable bonds is 4. The van der Waals surface area contributed by atoms with Crippen LogP contribution in [0.25, 0.3) is 33.0 Å². The second kappa shape index (κ2) is 9.69. The summed E-state index contributed by atoms with van der Waals surface area (Å²) in [5.41, 5.74) is 12.5. The average molecular weight is 580 g/mol. The largest absolute Gasteiger partial charge is 0.310 e. The molecule has 5 aliphatic rings. The maximum atomic E-state index is 2.61. The Labute approximate surface area is 266 Å². The van der Waals surface area contributed by atoms with E-state index in [1.807, 2.05) is 0 Å². The van der Waals surface area contributed by atoms with Crippen molar-refractivity contribution in [1.82, 2.24) is 0 Å². The van der Waals surface area contributed by atoms with Gasteiger partial charge in [0.15, 0.2) is 0 Å². The first-order valence-corrected chi connectivity index (χ1v) is 16.9. The minimum atomic E-state index is 0.149. The molecule has 1 spiro atoms. The molecule has 6 aromatic rings. The summed E-state index contributed by atoms with van der Waals surface area (Å²) in [6, 6.07) is 52.4. The fourth-order valence-corrected chi connectivity index (χ4v) is 10.5. The van der Waals surface area contributed by atoms with E-state index in [2.05, 4.69) is 144 Å². The molecule has 4 fully saturated rings. The van der Waals surface area contributed by atoms with Gasteiger partial charge in [-0.3, -0.25) is 0 Å². The van der Waals surface area contributed by atoms with Crippen LogP contribution in [-0.2, 0) is 5.41 Å². The Kier molecular flexibility index (Phi) is 5.53. The zero-order valence-corrected chi connectivity index (χ0v) is 25.6. The van der Waals surface area contributed by atoms with Gasteiger partial charge in [-0.2, -0.15) is 0 Å². The molecule has 4 saturated carbocycles. The van der Waals surface area contributed by atoms with Crippen molar-refractivity contribution in [1.29, 1.82) is 0 Å². The van der Waals surface area contributed by atoms with Crippen molar-refractivity contribution in [3.63, 3.8) is 0 Å². The third kappa shape index (κ3) is 3.73. The van der Waals surface area contributed by atoms with Crippen LogP contribution >= 0.6 is 0 Å². The minimum Gasteiger partial charge on any atom is -0.310 e. The summed E-state index contributed by atoms with van der Waals surface area (Å²) in [6.45, 7) is 0. The van der Waals surface area contributed by atoms with Gasteiger partial charge in [-0.05, 0) is 136 Å². The van der Waals surface area contributed by atoms with Gasteiger partial charge in [0.1, 0.15) is 0 Å². The molecule has 45 heavy (non-hydrogen) atoms. The highest BCUT2D eigenvalue weighted by atomic mass is 15.1. The number of benzene rings is 6. The van der Waals surface area contributed by atoms with Gasteiger partial charge in [0.2, 0.25) is 0 Å². The van der Waals surface area contributed by atoms with Gasteiger partial charge >= 0.3 is 0 Å². The van der Waals surface area contributed by atoms with Crippen molar-refractivity contribution in [2.45, 2.75) is 37.5 Å². The van der Waals surface area contributed by atoms with Crippen molar-refractivity contribution < 1.29 is 0 Å². The Morgan fingerprint density at radius 2 is 1.04 bits per heavy atom. The highest BCUT2D eigenvalue weighted by Crippen LogP contribution is 2.69. The molecule has 218 valence electrons. The Morgan fingerprint density at radius 3 is 1.87 bits per heavy atom. The van der Waals surface area contributed by atoms with Crippen LogP contribution in [0.2, 0.25) is 0 Å². The van der Waals surface area contributed by atoms with E-state index in [4.69, 9.17) is 0 Å². The quantitative estimate of drug-likeness (QED) is 0.201. The van der Waals surface area contributed by atoms with Crippen LogP contribution < -0.4 is 4.90 Å². The van der Waals surface area contributed by atoms with Crippen LogP contribution in [0.15, 0.2) is 140 Å². The summed E-state index contributed by atoms with van der Waals surface area (Å²) in [4.78, 5) is 2.51. The molecule has 0 saturated heterocycles. The molecular weight excluding hydrogens is 542 g/mol. The molecule has 0 unspecified atom stereocenters. The molecule has 5 aliphatic carbocycles. The molecule has 0 heterocycles. The van der Waals surface area contributed by atoms with Gasteiger partial charge in [-0.25, -0.2) is 0 Å². The summed E-state index contributed by atoms with van der Waals surface area (Å²) in [7, 11) is 0. The summed E-state index contributed by atoms with van der Waals surface area (Å²) >= 11 is 0. The first kappa shape index (κ1) is 25.7. The lowest BCUT2D eigenvalue weighted by Gasteiger charge is -2.61. The van der Waals surface area contributed by atoms with E-state index >= 15 is 0 Å². The van der Waals surface area contributed by atoms with E-state index in [0.717, 1.165) is 23.7 Å². The van der Waals surface area contributed by atoms with Crippen LogP contribution in [0.5, 0.6) is 0 Å². The maximum Gasteiger partial charge on any atom is 0.0468 e. The van der Waals surface area contributed by atoms with Crippen LogP contribution in [0, 0.1) is 23.7 Å². The lowest BCUT2D eigenvalue weighted by Crippen LogP contribution is -2.55. The highest BCUT2D eigenvalue weighted by Gasteiger charge is 2.61. The first-order valence-electron chi connectivity index (χ1n) is 16.9. The Balaban J connectivity index is 1.19. The van der Waals surface area contributed by atoms with E-state index < -0.39 is 0 Å². The number of nitrogens with zero attached hydrogens (tertiary/aromatic N) is 1. The van der Waals surface area contributed by atoms with E-state index in [1.54, 1.807) is 11.1 Å². The maximum absolute atomic E-state index is 2.61. The summed E-state index contributed by atoms with van der Waals surface area (Å²) < 4.78 is 0. The van der Waals surface area contributed by atoms with E-state index in [1.165, 1.54) is 82.2 Å². The lowest BCUT2D eigenvalue weighted by molar-refractivity contribution is -0.0399. The normalized spacial score (nSPS) is 25.4. The van der Waals surface area contributed by atoms with Gasteiger partial charge in [0.05, 0.1) is 0 Å². The highest BCUT2D eigenvalue weighted by molar-refractivity contribution is 5.91.